The Bertz CT molecular complexity index is 1120. The minimum absolute atomic E-state index is 0. The van der Waals surface area contributed by atoms with Crippen molar-refractivity contribution in [3.8, 4) is 11.5 Å². The number of carbonyl (C=O) groups excluding carboxylic acids is 1. The summed E-state index contributed by atoms with van der Waals surface area (Å²) >= 11 is 6.55. The number of nitrogens with zero attached hydrogens (tertiary/aromatic N) is 1. The second-order valence-electron chi connectivity index (χ2n) is 7.51. The maximum absolute atomic E-state index is 13.3. The van der Waals surface area contributed by atoms with E-state index in [2.05, 4.69) is 10.2 Å². The summed E-state index contributed by atoms with van der Waals surface area (Å²) in [6.07, 6.45) is -0.0129. The number of carbonyl (C=O) groups is 1. The van der Waals surface area contributed by atoms with Crippen molar-refractivity contribution in [3.05, 3.63) is 46.0 Å². The molecule has 0 atom stereocenters. The summed E-state index contributed by atoms with van der Waals surface area (Å²) in [4.78, 5) is 13.9. The zero-order valence-electron chi connectivity index (χ0n) is 17.2. The lowest BCUT2D eigenvalue weighted by atomic mass is 10.1. The Balaban J connectivity index is 0.00000272. The summed E-state index contributed by atoms with van der Waals surface area (Å²) in [7, 11) is -2.41. The summed E-state index contributed by atoms with van der Waals surface area (Å²) < 4.78 is 37.3. The van der Waals surface area contributed by atoms with Gasteiger partial charge in [-0.25, -0.2) is 8.42 Å². The van der Waals surface area contributed by atoms with Crippen LogP contribution in [0.3, 0.4) is 0 Å². The molecule has 10 heteroatoms. The Hall–Kier alpha value is -2.00. The molecule has 0 aliphatic carbocycles. The van der Waals surface area contributed by atoms with Crippen LogP contribution in [0, 0.1) is 6.92 Å². The molecule has 0 spiro atoms. The van der Waals surface area contributed by atoms with E-state index in [1.165, 1.54) is 13.2 Å². The first kappa shape index (κ1) is 23.7. The van der Waals surface area contributed by atoms with Crippen LogP contribution in [0.5, 0.6) is 11.5 Å². The lowest BCUT2D eigenvalue weighted by Crippen LogP contribution is -2.43. The fourth-order valence-corrected chi connectivity index (χ4v) is 5.73. The topological polar surface area (TPSA) is 84.9 Å². The Morgan fingerprint density at radius 3 is 2.58 bits per heavy atom. The second kappa shape index (κ2) is 9.24. The van der Waals surface area contributed by atoms with Crippen LogP contribution in [0.4, 0.5) is 5.69 Å². The van der Waals surface area contributed by atoms with E-state index >= 15 is 0 Å². The van der Waals surface area contributed by atoms with Crippen LogP contribution in [0.1, 0.15) is 16.7 Å². The zero-order chi connectivity index (χ0) is 21.5. The van der Waals surface area contributed by atoms with Gasteiger partial charge in [-0.1, -0.05) is 17.7 Å². The molecular weight excluding hydrogens is 463 g/mol. The highest BCUT2D eigenvalue weighted by Crippen LogP contribution is 2.45. The molecule has 0 amide bonds. The van der Waals surface area contributed by atoms with Gasteiger partial charge in [-0.15, -0.1) is 12.4 Å². The van der Waals surface area contributed by atoms with Crippen molar-refractivity contribution in [1.29, 1.82) is 0 Å². The SMILES string of the molecule is COC(=O)Cc1cc(C)c2c(c1)S(=O)(=O)Cc1cc(N3CCNCC3)cc(Cl)c1O2.Cl. The summed E-state index contributed by atoms with van der Waals surface area (Å²) in [6.45, 7) is 5.11. The molecule has 2 aliphatic heterocycles. The number of hydrogen-bond donors (Lipinski definition) is 1. The molecule has 168 valence electrons. The lowest BCUT2D eigenvalue weighted by Gasteiger charge is -2.30. The standard InChI is InChI=1S/C21H23ClN2O5S.ClH/c1-13-7-14(9-19(25)28-2)8-18-20(13)29-21-15(12-30(18,26)27)10-16(11-17(21)22)24-5-3-23-4-6-24;/h7-8,10-11,23H,3-6,9,12H2,1-2H3;1H. The first-order valence-electron chi connectivity index (χ1n) is 9.67. The number of anilines is 1. The monoisotopic (exact) mass is 486 g/mol. The highest BCUT2D eigenvalue weighted by atomic mass is 35.5. The van der Waals surface area contributed by atoms with Crippen molar-refractivity contribution in [3.63, 3.8) is 0 Å². The van der Waals surface area contributed by atoms with Crippen LogP contribution in [-0.2, 0) is 31.5 Å². The number of benzene rings is 2. The van der Waals surface area contributed by atoms with Gasteiger partial charge in [0.1, 0.15) is 16.4 Å². The van der Waals surface area contributed by atoms with Crippen LogP contribution in [0.25, 0.3) is 0 Å². The highest BCUT2D eigenvalue weighted by molar-refractivity contribution is 7.90. The van der Waals surface area contributed by atoms with Crippen LogP contribution in [0.2, 0.25) is 5.02 Å². The highest BCUT2D eigenvalue weighted by Gasteiger charge is 2.31. The molecule has 0 radical (unpaired) electrons. The van der Waals surface area contributed by atoms with E-state index in [0.717, 1.165) is 31.9 Å². The maximum Gasteiger partial charge on any atom is 0.309 e. The largest absolute Gasteiger partial charge is 0.469 e. The number of ether oxygens (including phenoxy) is 2. The smallest absolute Gasteiger partial charge is 0.309 e. The van der Waals surface area contributed by atoms with Gasteiger partial charge in [0.05, 0.1) is 24.3 Å². The average molecular weight is 487 g/mol. The number of aryl methyl sites for hydroxylation is 1. The minimum Gasteiger partial charge on any atom is -0.469 e. The maximum atomic E-state index is 13.3. The first-order chi connectivity index (χ1) is 14.3. The van der Waals surface area contributed by atoms with Gasteiger partial charge in [0.25, 0.3) is 0 Å². The first-order valence-corrected chi connectivity index (χ1v) is 11.7. The van der Waals surface area contributed by atoms with Crippen molar-refractivity contribution < 1.29 is 22.7 Å². The number of piperazine rings is 1. The third-order valence-corrected chi connectivity index (χ3v) is 7.29. The van der Waals surface area contributed by atoms with Gasteiger partial charge in [0.15, 0.2) is 9.84 Å². The van der Waals surface area contributed by atoms with Gasteiger partial charge >= 0.3 is 5.97 Å². The predicted molar refractivity (Wildman–Crippen MR) is 122 cm³/mol. The van der Waals surface area contributed by atoms with E-state index in [1.54, 1.807) is 13.0 Å². The molecule has 2 heterocycles. The van der Waals surface area contributed by atoms with Crippen LogP contribution in [-0.4, -0.2) is 47.7 Å². The number of methoxy groups -OCH3 is 1. The van der Waals surface area contributed by atoms with E-state index in [4.69, 9.17) is 21.1 Å². The molecule has 1 N–H and O–H groups in total. The second-order valence-corrected chi connectivity index (χ2v) is 9.87. The quantitative estimate of drug-likeness (QED) is 0.666. The van der Waals surface area contributed by atoms with Gasteiger partial charge < -0.3 is 19.7 Å². The molecule has 2 aromatic rings. The van der Waals surface area contributed by atoms with E-state index in [9.17, 15) is 13.2 Å². The van der Waals surface area contributed by atoms with Gasteiger partial charge in [-0.2, -0.15) is 0 Å². The molecule has 0 unspecified atom stereocenters. The lowest BCUT2D eigenvalue weighted by molar-refractivity contribution is -0.139. The van der Waals surface area contributed by atoms with Crippen molar-refractivity contribution in [2.24, 2.45) is 0 Å². The normalized spacial score (nSPS) is 16.8. The Labute approximate surface area is 193 Å². The number of halogens is 2. The minimum atomic E-state index is -3.71. The van der Waals surface area contributed by atoms with Gasteiger partial charge in [0.2, 0.25) is 0 Å². The summed E-state index contributed by atoms with van der Waals surface area (Å²) in [6, 6.07) is 6.90. The van der Waals surface area contributed by atoms with Crippen molar-refractivity contribution >= 4 is 45.5 Å². The van der Waals surface area contributed by atoms with Gasteiger partial charge in [0, 0.05) is 37.4 Å². The molecule has 2 aliphatic rings. The van der Waals surface area contributed by atoms with Crippen molar-refractivity contribution in [2.45, 2.75) is 24.0 Å². The zero-order valence-corrected chi connectivity index (χ0v) is 19.6. The number of sulfone groups is 1. The van der Waals surface area contributed by atoms with Crippen molar-refractivity contribution in [2.75, 3.05) is 38.2 Å². The number of rotatable bonds is 3. The fraction of sp³-hybridized carbons (Fsp3) is 0.381. The Morgan fingerprint density at radius 1 is 1.19 bits per heavy atom. The number of nitrogens with one attached hydrogen (secondary N) is 1. The van der Waals surface area contributed by atoms with Crippen molar-refractivity contribution in [1.82, 2.24) is 5.32 Å². The van der Waals surface area contributed by atoms with E-state index in [1.807, 2.05) is 12.1 Å². The summed E-state index contributed by atoms with van der Waals surface area (Å²) in [5, 5.41) is 3.67. The molecule has 0 saturated carbocycles. The molecule has 0 aromatic heterocycles. The summed E-state index contributed by atoms with van der Waals surface area (Å²) in [5.41, 5.74) is 2.59. The Kier molecular flexibility index (Phi) is 7.05. The molecule has 1 saturated heterocycles. The number of hydrogen-bond acceptors (Lipinski definition) is 7. The number of fused-ring (bicyclic) bond motifs is 2. The molecule has 1 fully saturated rings. The molecular formula is C21H24Cl2N2O5S. The van der Waals surface area contributed by atoms with E-state index in [-0.39, 0.29) is 35.2 Å². The third kappa shape index (κ3) is 4.77. The summed E-state index contributed by atoms with van der Waals surface area (Å²) in [5.74, 6) is -0.0509. The molecule has 31 heavy (non-hydrogen) atoms. The van der Waals surface area contributed by atoms with Gasteiger partial charge in [-0.05, 0) is 36.2 Å². The Morgan fingerprint density at radius 2 is 1.90 bits per heavy atom. The van der Waals surface area contributed by atoms with Crippen LogP contribution >= 0.6 is 24.0 Å². The molecule has 4 rings (SSSR count). The third-order valence-electron chi connectivity index (χ3n) is 5.35. The average Bonchev–Trinajstić information content (AvgIpc) is 2.82. The molecule has 0 bridgehead atoms. The van der Waals surface area contributed by atoms with E-state index in [0.29, 0.717) is 27.5 Å². The predicted octanol–water partition coefficient (Wildman–Crippen LogP) is 3.27. The molecule has 2 aromatic carbocycles. The van der Waals surface area contributed by atoms with Crippen LogP contribution < -0.4 is 15.0 Å². The molecule has 7 nitrogen and oxygen atoms in total. The van der Waals surface area contributed by atoms with Gasteiger partial charge in [-0.3, -0.25) is 4.79 Å². The van der Waals surface area contributed by atoms with Crippen LogP contribution in [0.15, 0.2) is 29.2 Å². The fourth-order valence-electron chi connectivity index (χ4n) is 3.86. The number of esters is 1. The van der Waals surface area contributed by atoms with E-state index < -0.39 is 15.8 Å².